The number of aliphatic carboxylic acids is 1. The van der Waals surface area contributed by atoms with Crippen LogP contribution in [0.3, 0.4) is 0 Å². The van der Waals surface area contributed by atoms with E-state index in [0.717, 1.165) is 6.42 Å². The number of likely N-dealkylation sites (tertiary alicyclic amines) is 1. The predicted molar refractivity (Wildman–Crippen MR) is 62.6 cm³/mol. The van der Waals surface area contributed by atoms with Crippen molar-refractivity contribution in [3.05, 3.63) is 0 Å². The maximum atomic E-state index is 12.0. The third-order valence-corrected chi connectivity index (χ3v) is 3.42. The lowest BCUT2D eigenvalue weighted by atomic mass is 10.0. The topological polar surface area (TPSA) is 66.8 Å². The monoisotopic (exact) mass is 243 g/mol. The molecule has 0 aliphatic carbocycles. The number of rotatable bonds is 5. The van der Waals surface area contributed by atoms with Crippen LogP contribution in [0.2, 0.25) is 0 Å². The van der Waals surface area contributed by atoms with Crippen molar-refractivity contribution in [1.82, 2.24) is 4.90 Å². The van der Waals surface area contributed by atoms with Crippen molar-refractivity contribution < 1.29 is 19.4 Å². The van der Waals surface area contributed by atoms with Gasteiger partial charge in [0.2, 0.25) is 5.91 Å². The Morgan fingerprint density at radius 1 is 1.53 bits per heavy atom. The number of carboxylic acid groups (broad SMARTS) is 1. The molecule has 0 spiro atoms. The van der Waals surface area contributed by atoms with Crippen molar-refractivity contribution >= 4 is 11.9 Å². The number of hydrogen-bond acceptors (Lipinski definition) is 3. The quantitative estimate of drug-likeness (QED) is 0.785. The maximum Gasteiger partial charge on any atom is 0.326 e. The van der Waals surface area contributed by atoms with Crippen LogP contribution in [0.5, 0.6) is 0 Å². The first-order valence-electron chi connectivity index (χ1n) is 6.04. The molecule has 1 N–H and O–H groups in total. The average molecular weight is 243 g/mol. The van der Waals surface area contributed by atoms with Gasteiger partial charge in [-0.25, -0.2) is 4.79 Å². The van der Waals surface area contributed by atoms with Gasteiger partial charge in [0.25, 0.3) is 0 Å². The first kappa shape index (κ1) is 14.0. The standard InChI is InChI=1S/C12H21NO4/c1-4-8(2)5-11(14)13-7-9(17-3)6-10(13)12(15)16/h8-10H,4-7H2,1-3H3,(H,15,16). The third kappa shape index (κ3) is 3.43. The van der Waals surface area contributed by atoms with Crippen molar-refractivity contribution in [2.75, 3.05) is 13.7 Å². The fraction of sp³-hybridized carbons (Fsp3) is 0.833. The zero-order chi connectivity index (χ0) is 13.0. The summed E-state index contributed by atoms with van der Waals surface area (Å²) in [5, 5.41) is 9.09. The molecule has 1 rings (SSSR count). The van der Waals surface area contributed by atoms with Crippen LogP contribution in [0.15, 0.2) is 0 Å². The summed E-state index contributed by atoms with van der Waals surface area (Å²) < 4.78 is 5.15. The van der Waals surface area contributed by atoms with Gasteiger partial charge < -0.3 is 14.7 Å². The largest absolute Gasteiger partial charge is 0.480 e. The lowest BCUT2D eigenvalue weighted by Gasteiger charge is -2.22. The Labute approximate surface area is 102 Å². The molecule has 1 fully saturated rings. The van der Waals surface area contributed by atoms with Gasteiger partial charge in [-0.1, -0.05) is 20.3 Å². The second-order valence-corrected chi connectivity index (χ2v) is 4.71. The van der Waals surface area contributed by atoms with E-state index in [2.05, 4.69) is 0 Å². The molecule has 1 amide bonds. The molecule has 1 saturated heterocycles. The first-order valence-corrected chi connectivity index (χ1v) is 6.04. The van der Waals surface area contributed by atoms with E-state index in [0.29, 0.717) is 25.3 Å². The Morgan fingerprint density at radius 2 is 2.18 bits per heavy atom. The molecule has 0 saturated carbocycles. The number of carbonyl (C=O) groups is 2. The van der Waals surface area contributed by atoms with E-state index in [1.165, 1.54) is 4.90 Å². The molecular weight excluding hydrogens is 222 g/mol. The molecule has 0 aromatic heterocycles. The van der Waals surface area contributed by atoms with Crippen LogP contribution in [0.1, 0.15) is 33.1 Å². The van der Waals surface area contributed by atoms with Crippen LogP contribution in [0.4, 0.5) is 0 Å². The Hall–Kier alpha value is -1.10. The summed E-state index contributed by atoms with van der Waals surface area (Å²) >= 11 is 0. The SMILES string of the molecule is CCC(C)CC(=O)N1CC(OC)CC1C(=O)O. The third-order valence-electron chi connectivity index (χ3n) is 3.42. The molecule has 17 heavy (non-hydrogen) atoms. The summed E-state index contributed by atoms with van der Waals surface area (Å²) in [6, 6.07) is -0.725. The van der Waals surface area contributed by atoms with Gasteiger partial charge in [0.1, 0.15) is 6.04 Å². The van der Waals surface area contributed by atoms with Gasteiger partial charge >= 0.3 is 5.97 Å². The Kier molecular flexibility index (Phi) is 4.93. The van der Waals surface area contributed by atoms with E-state index in [9.17, 15) is 9.59 Å². The summed E-state index contributed by atoms with van der Waals surface area (Å²) in [6.07, 6.45) is 1.57. The second-order valence-electron chi connectivity index (χ2n) is 4.71. The van der Waals surface area contributed by atoms with Crippen molar-refractivity contribution in [2.45, 2.75) is 45.3 Å². The highest BCUT2D eigenvalue weighted by Gasteiger charge is 2.39. The molecule has 1 aliphatic heterocycles. The first-order chi connectivity index (χ1) is 7.99. The lowest BCUT2D eigenvalue weighted by Crippen LogP contribution is -2.41. The number of methoxy groups -OCH3 is 1. The molecule has 0 radical (unpaired) electrons. The maximum absolute atomic E-state index is 12.0. The smallest absolute Gasteiger partial charge is 0.326 e. The summed E-state index contributed by atoms with van der Waals surface area (Å²) in [6.45, 7) is 4.41. The van der Waals surface area contributed by atoms with Gasteiger partial charge in [-0.3, -0.25) is 4.79 Å². The molecule has 1 heterocycles. The van der Waals surface area contributed by atoms with Crippen molar-refractivity contribution in [3.8, 4) is 0 Å². The van der Waals surface area contributed by atoms with Gasteiger partial charge in [0, 0.05) is 26.5 Å². The minimum Gasteiger partial charge on any atom is -0.480 e. The molecule has 0 aromatic rings. The Morgan fingerprint density at radius 3 is 2.65 bits per heavy atom. The minimum absolute atomic E-state index is 0.0775. The molecule has 3 unspecified atom stereocenters. The average Bonchev–Trinajstić information content (AvgIpc) is 2.72. The van der Waals surface area contributed by atoms with Gasteiger partial charge in [-0.2, -0.15) is 0 Å². The number of carboxylic acids is 1. The van der Waals surface area contributed by atoms with Crippen molar-refractivity contribution in [1.29, 1.82) is 0 Å². The summed E-state index contributed by atoms with van der Waals surface area (Å²) in [7, 11) is 1.55. The molecule has 5 heteroatoms. The molecule has 0 bridgehead atoms. The normalized spacial score (nSPS) is 25.9. The second kappa shape index (κ2) is 6.00. The minimum atomic E-state index is -0.943. The van der Waals surface area contributed by atoms with Crippen LogP contribution in [-0.2, 0) is 14.3 Å². The predicted octanol–water partition coefficient (Wildman–Crippen LogP) is 1.12. The van der Waals surface area contributed by atoms with Crippen molar-refractivity contribution in [3.63, 3.8) is 0 Å². The fourth-order valence-electron chi connectivity index (χ4n) is 2.04. The zero-order valence-electron chi connectivity index (χ0n) is 10.7. The van der Waals surface area contributed by atoms with Crippen LogP contribution in [0, 0.1) is 5.92 Å². The highest BCUT2D eigenvalue weighted by molar-refractivity contribution is 5.84. The van der Waals surface area contributed by atoms with E-state index in [1.54, 1.807) is 7.11 Å². The van der Waals surface area contributed by atoms with E-state index in [4.69, 9.17) is 9.84 Å². The Bertz CT molecular complexity index is 292. The summed E-state index contributed by atoms with van der Waals surface area (Å²) in [4.78, 5) is 24.5. The van der Waals surface area contributed by atoms with Gasteiger partial charge in [-0.15, -0.1) is 0 Å². The number of amides is 1. The van der Waals surface area contributed by atoms with Crippen LogP contribution in [0.25, 0.3) is 0 Å². The van der Waals surface area contributed by atoms with Crippen LogP contribution >= 0.6 is 0 Å². The number of carbonyl (C=O) groups excluding carboxylic acids is 1. The molecule has 3 atom stereocenters. The van der Waals surface area contributed by atoms with Crippen LogP contribution < -0.4 is 0 Å². The molecule has 98 valence electrons. The van der Waals surface area contributed by atoms with E-state index >= 15 is 0 Å². The Balaban J connectivity index is 2.66. The number of hydrogen-bond donors (Lipinski definition) is 1. The molecule has 1 aliphatic rings. The molecule has 5 nitrogen and oxygen atoms in total. The zero-order valence-corrected chi connectivity index (χ0v) is 10.7. The fourth-order valence-corrected chi connectivity index (χ4v) is 2.04. The highest BCUT2D eigenvalue weighted by atomic mass is 16.5. The van der Waals surface area contributed by atoms with Gasteiger partial charge in [0.15, 0.2) is 0 Å². The van der Waals surface area contributed by atoms with Gasteiger partial charge in [0.05, 0.1) is 6.10 Å². The van der Waals surface area contributed by atoms with Crippen molar-refractivity contribution in [2.24, 2.45) is 5.92 Å². The number of nitrogens with zero attached hydrogens (tertiary/aromatic N) is 1. The lowest BCUT2D eigenvalue weighted by molar-refractivity contribution is -0.148. The van der Waals surface area contributed by atoms with E-state index in [1.807, 2.05) is 13.8 Å². The van der Waals surface area contributed by atoms with Gasteiger partial charge in [-0.05, 0) is 5.92 Å². The van der Waals surface area contributed by atoms with E-state index in [-0.39, 0.29) is 12.0 Å². The van der Waals surface area contributed by atoms with Crippen LogP contribution in [-0.4, -0.2) is 47.7 Å². The molecule has 0 aromatic carbocycles. The molecular formula is C12H21NO4. The van der Waals surface area contributed by atoms with E-state index < -0.39 is 12.0 Å². The summed E-state index contributed by atoms with van der Waals surface area (Å²) in [5.41, 5.74) is 0. The highest BCUT2D eigenvalue weighted by Crippen LogP contribution is 2.22. The number of ether oxygens (including phenoxy) is 1. The summed E-state index contributed by atoms with van der Waals surface area (Å²) in [5.74, 6) is -0.730.